The highest BCUT2D eigenvalue weighted by molar-refractivity contribution is 14.0. The third kappa shape index (κ3) is 6.59. The van der Waals surface area contributed by atoms with Crippen LogP contribution in [0.15, 0.2) is 35.5 Å². The topological polar surface area (TPSA) is 61.8 Å². The Kier molecular flexibility index (Phi) is 9.46. The maximum Gasteiger partial charge on any atom is 0.191 e. The Morgan fingerprint density at radius 3 is 2.79 bits per heavy atom. The molecule has 0 radical (unpaired) electrons. The van der Waals surface area contributed by atoms with Gasteiger partial charge in [-0.05, 0) is 32.0 Å². The van der Waals surface area contributed by atoms with E-state index in [0.717, 1.165) is 44.5 Å². The highest BCUT2D eigenvalue weighted by Gasteiger charge is 2.16. The van der Waals surface area contributed by atoms with Crippen molar-refractivity contribution in [2.24, 2.45) is 4.99 Å². The van der Waals surface area contributed by atoms with Crippen LogP contribution in [-0.2, 0) is 17.7 Å². The molecule has 3 heterocycles. The number of guanidine groups is 1. The van der Waals surface area contributed by atoms with Gasteiger partial charge in [0.25, 0.3) is 0 Å². The Hall–Kier alpha value is -1.39. The van der Waals surface area contributed by atoms with E-state index >= 15 is 0 Å². The van der Waals surface area contributed by atoms with E-state index in [1.54, 1.807) is 0 Å². The molecular weight excluding hydrogens is 485 g/mol. The zero-order chi connectivity index (χ0) is 19.1. The van der Waals surface area contributed by atoms with Gasteiger partial charge in [0, 0.05) is 60.7 Å². The number of aromatic nitrogens is 1. The lowest BCUT2D eigenvalue weighted by atomic mass is 10.2. The molecule has 1 aliphatic heterocycles. The molecule has 0 aliphatic carbocycles. The number of aryl methyl sites for hydroxylation is 1. The molecule has 0 bridgehead atoms. The van der Waals surface area contributed by atoms with Crippen molar-refractivity contribution in [3.05, 3.63) is 45.8 Å². The molecule has 1 saturated heterocycles. The molecule has 6 nitrogen and oxygen atoms in total. The predicted molar refractivity (Wildman–Crippen MR) is 128 cm³/mol. The molecule has 0 spiro atoms. The maximum atomic E-state index is 5.46. The molecule has 2 aromatic heterocycles. The fraction of sp³-hybridized carbons (Fsp3) is 0.500. The van der Waals surface area contributed by atoms with Gasteiger partial charge >= 0.3 is 0 Å². The molecule has 1 atom stereocenters. The second-order valence-corrected chi connectivity index (χ2v) is 8.15. The van der Waals surface area contributed by atoms with Gasteiger partial charge in [0.1, 0.15) is 5.82 Å². The van der Waals surface area contributed by atoms with E-state index in [9.17, 15) is 0 Å². The second-order valence-electron chi connectivity index (χ2n) is 6.77. The number of morpholine rings is 1. The van der Waals surface area contributed by atoms with Crippen LogP contribution in [0.1, 0.15) is 22.2 Å². The Morgan fingerprint density at radius 2 is 2.11 bits per heavy atom. The number of pyridine rings is 1. The molecular formula is C20H30IN5OS. The molecule has 0 amide bonds. The summed E-state index contributed by atoms with van der Waals surface area (Å²) < 4.78 is 5.46. The van der Waals surface area contributed by atoms with Crippen LogP contribution in [-0.4, -0.2) is 50.3 Å². The number of thiophene rings is 1. The van der Waals surface area contributed by atoms with Crippen LogP contribution in [0, 0.1) is 6.92 Å². The van der Waals surface area contributed by atoms with E-state index in [4.69, 9.17) is 4.74 Å². The van der Waals surface area contributed by atoms with Crippen LogP contribution in [0.5, 0.6) is 0 Å². The van der Waals surface area contributed by atoms with Crippen molar-refractivity contribution in [3.63, 3.8) is 0 Å². The van der Waals surface area contributed by atoms with E-state index in [1.165, 1.54) is 15.3 Å². The van der Waals surface area contributed by atoms with Crippen molar-refractivity contribution in [1.29, 1.82) is 0 Å². The quantitative estimate of drug-likeness (QED) is 0.352. The third-order valence-electron chi connectivity index (χ3n) is 4.53. The van der Waals surface area contributed by atoms with Gasteiger partial charge in [0.2, 0.25) is 0 Å². The predicted octanol–water partition coefficient (Wildman–Crippen LogP) is 3.20. The third-order valence-corrected chi connectivity index (χ3v) is 5.56. The maximum absolute atomic E-state index is 5.46. The average Bonchev–Trinajstić information content (AvgIpc) is 3.10. The SMILES string of the molecule is CN=C(NCc1cccnc1N1CCOCC1)NC(C)Cc1ccc(C)s1.I. The smallest absolute Gasteiger partial charge is 0.191 e. The highest BCUT2D eigenvalue weighted by Crippen LogP contribution is 2.18. The summed E-state index contributed by atoms with van der Waals surface area (Å²) in [5.74, 6) is 1.85. The monoisotopic (exact) mass is 515 g/mol. The number of aliphatic imine (C=N–C) groups is 1. The summed E-state index contributed by atoms with van der Waals surface area (Å²) in [6, 6.07) is 8.80. The normalized spacial score (nSPS) is 15.7. The fourth-order valence-corrected chi connectivity index (χ4v) is 4.20. The number of anilines is 1. The van der Waals surface area contributed by atoms with Gasteiger partial charge in [-0.25, -0.2) is 4.98 Å². The molecule has 8 heteroatoms. The van der Waals surface area contributed by atoms with E-state index in [-0.39, 0.29) is 24.0 Å². The summed E-state index contributed by atoms with van der Waals surface area (Å²) in [4.78, 5) is 14.0. The zero-order valence-corrected chi connectivity index (χ0v) is 19.9. The Morgan fingerprint density at radius 1 is 1.32 bits per heavy atom. The van der Waals surface area contributed by atoms with Crippen LogP contribution in [0.2, 0.25) is 0 Å². The van der Waals surface area contributed by atoms with Crippen LogP contribution in [0.3, 0.4) is 0 Å². The summed E-state index contributed by atoms with van der Waals surface area (Å²) >= 11 is 1.85. The standard InChI is InChI=1S/C20H29N5OS.HI/c1-15(13-18-7-6-16(2)27-18)24-20(21-3)23-14-17-5-4-8-22-19(17)25-9-11-26-12-10-25;/h4-8,15H,9-14H2,1-3H3,(H2,21,23,24);1H. The molecule has 2 N–H and O–H groups in total. The van der Waals surface area contributed by atoms with Crippen LogP contribution in [0.25, 0.3) is 0 Å². The molecule has 28 heavy (non-hydrogen) atoms. The van der Waals surface area contributed by atoms with Gasteiger partial charge in [-0.15, -0.1) is 35.3 Å². The lowest BCUT2D eigenvalue weighted by Crippen LogP contribution is -2.43. The van der Waals surface area contributed by atoms with Gasteiger partial charge in [0.15, 0.2) is 5.96 Å². The van der Waals surface area contributed by atoms with E-state index in [0.29, 0.717) is 12.6 Å². The van der Waals surface area contributed by atoms with Crippen molar-refractivity contribution < 1.29 is 4.74 Å². The van der Waals surface area contributed by atoms with Crippen LogP contribution < -0.4 is 15.5 Å². The first-order chi connectivity index (χ1) is 13.2. The number of halogens is 1. The second kappa shape index (κ2) is 11.6. The van der Waals surface area contributed by atoms with E-state index in [2.05, 4.69) is 57.6 Å². The zero-order valence-electron chi connectivity index (χ0n) is 16.8. The minimum atomic E-state index is 0. The van der Waals surface area contributed by atoms with Gasteiger partial charge in [-0.3, -0.25) is 4.99 Å². The van der Waals surface area contributed by atoms with Crippen molar-refractivity contribution >= 4 is 47.1 Å². The number of nitrogens with zero attached hydrogens (tertiary/aromatic N) is 3. The van der Waals surface area contributed by atoms with Crippen molar-refractivity contribution in [2.45, 2.75) is 32.9 Å². The summed E-state index contributed by atoms with van der Waals surface area (Å²) in [5.41, 5.74) is 1.17. The molecule has 2 aromatic rings. The summed E-state index contributed by atoms with van der Waals surface area (Å²) in [6.45, 7) is 8.30. The number of nitrogens with one attached hydrogen (secondary N) is 2. The largest absolute Gasteiger partial charge is 0.378 e. The molecule has 3 rings (SSSR count). The first-order valence-corrected chi connectivity index (χ1v) is 10.3. The Labute approximate surface area is 188 Å². The minimum absolute atomic E-state index is 0. The number of rotatable bonds is 6. The van der Waals surface area contributed by atoms with E-state index < -0.39 is 0 Å². The lowest BCUT2D eigenvalue weighted by Gasteiger charge is -2.29. The molecule has 154 valence electrons. The molecule has 0 saturated carbocycles. The van der Waals surface area contributed by atoms with Crippen molar-refractivity contribution in [3.8, 4) is 0 Å². The Bertz CT molecular complexity index is 761. The van der Waals surface area contributed by atoms with Gasteiger partial charge in [0.05, 0.1) is 13.2 Å². The summed E-state index contributed by atoms with van der Waals surface area (Å²) in [6.07, 6.45) is 2.84. The first-order valence-electron chi connectivity index (χ1n) is 9.45. The van der Waals surface area contributed by atoms with Crippen LogP contribution >= 0.6 is 35.3 Å². The summed E-state index contributed by atoms with van der Waals surface area (Å²) in [7, 11) is 1.81. The van der Waals surface area contributed by atoms with Crippen molar-refractivity contribution in [1.82, 2.24) is 15.6 Å². The average molecular weight is 515 g/mol. The number of hydrogen-bond acceptors (Lipinski definition) is 5. The number of ether oxygens (including phenoxy) is 1. The van der Waals surface area contributed by atoms with Crippen LogP contribution in [0.4, 0.5) is 5.82 Å². The van der Waals surface area contributed by atoms with Crippen molar-refractivity contribution in [2.75, 3.05) is 38.3 Å². The number of hydrogen-bond donors (Lipinski definition) is 2. The minimum Gasteiger partial charge on any atom is -0.378 e. The lowest BCUT2D eigenvalue weighted by molar-refractivity contribution is 0.122. The fourth-order valence-electron chi connectivity index (χ4n) is 3.18. The molecule has 1 unspecified atom stereocenters. The van der Waals surface area contributed by atoms with Gasteiger partial charge in [-0.2, -0.15) is 0 Å². The first kappa shape index (κ1) is 22.9. The van der Waals surface area contributed by atoms with Gasteiger partial charge < -0.3 is 20.3 Å². The molecule has 1 fully saturated rings. The Balaban J connectivity index is 0.00000280. The van der Waals surface area contributed by atoms with E-state index in [1.807, 2.05) is 30.6 Å². The molecule has 0 aromatic carbocycles. The molecule has 1 aliphatic rings. The summed E-state index contributed by atoms with van der Waals surface area (Å²) in [5, 5.41) is 6.92. The van der Waals surface area contributed by atoms with Gasteiger partial charge in [-0.1, -0.05) is 6.07 Å². The highest BCUT2D eigenvalue weighted by atomic mass is 127.